The highest BCUT2D eigenvalue weighted by Gasteiger charge is 2.18. The Labute approximate surface area is 226 Å². The summed E-state index contributed by atoms with van der Waals surface area (Å²) in [5.74, 6) is 0.0553. The van der Waals surface area contributed by atoms with E-state index in [4.69, 9.17) is 9.72 Å². The second-order valence-electron chi connectivity index (χ2n) is 9.52. The van der Waals surface area contributed by atoms with E-state index in [0.29, 0.717) is 42.5 Å². The van der Waals surface area contributed by atoms with Crippen LogP contribution in [0.3, 0.4) is 0 Å². The van der Waals surface area contributed by atoms with Crippen LogP contribution in [0.25, 0.3) is 22.5 Å². The standard InChI is InChI=1S/C30H34N4O5/c1-4-6-12-26-31-20(3)25(18-27(35)38-17-7-5-2)29(36)34(26)19-21-13-15-22(16-14-21)23-10-8-9-11-24(23)28-32-30(37)39-33-28/h8-11,13-16H,4-7,12,17-19H2,1-3H3,(H,32,33,37). The van der Waals surface area contributed by atoms with Gasteiger partial charge in [0.15, 0.2) is 5.82 Å². The van der Waals surface area contributed by atoms with Gasteiger partial charge in [0.05, 0.1) is 19.6 Å². The number of hydrogen-bond donors (Lipinski definition) is 1. The molecule has 1 N–H and O–H groups in total. The summed E-state index contributed by atoms with van der Waals surface area (Å²) >= 11 is 0. The molecule has 0 aliphatic carbocycles. The third-order valence-electron chi connectivity index (χ3n) is 6.61. The van der Waals surface area contributed by atoms with Crippen molar-refractivity contribution >= 4 is 5.97 Å². The number of rotatable bonds is 12. The summed E-state index contributed by atoms with van der Waals surface area (Å²) in [5, 5.41) is 3.82. The number of carbonyl (C=O) groups is 1. The largest absolute Gasteiger partial charge is 0.465 e. The number of nitrogens with zero attached hydrogens (tertiary/aromatic N) is 3. The zero-order valence-corrected chi connectivity index (χ0v) is 22.7. The first-order valence-electron chi connectivity index (χ1n) is 13.4. The van der Waals surface area contributed by atoms with E-state index >= 15 is 0 Å². The van der Waals surface area contributed by atoms with Crippen molar-refractivity contribution in [2.24, 2.45) is 0 Å². The Morgan fingerprint density at radius 3 is 2.38 bits per heavy atom. The van der Waals surface area contributed by atoms with E-state index in [-0.39, 0.29) is 12.0 Å². The van der Waals surface area contributed by atoms with Crippen molar-refractivity contribution in [1.82, 2.24) is 19.7 Å². The third-order valence-corrected chi connectivity index (χ3v) is 6.61. The quantitative estimate of drug-likeness (QED) is 0.206. The monoisotopic (exact) mass is 530 g/mol. The zero-order chi connectivity index (χ0) is 27.8. The van der Waals surface area contributed by atoms with E-state index in [1.807, 2.05) is 55.5 Å². The van der Waals surface area contributed by atoms with Gasteiger partial charge in [0.2, 0.25) is 0 Å². The Bertz CT molecular complexity index is 1530. The van der Waals surface area contributed by atoms with Gasteiger partial charge in [-0.25, -0.2) is 9.78 Å². The molecule has 0 amide bonds. The number of aromatic nitrogens is 4. The average molecular weight is 531 g/mol. The molecule has 0 aliphatic heterocycles. The molecule has 2 heterocycles. The van der Waals surface area contributed by atoms with Crippen molar-refractivity contribution in [2.75, 3.05) is 6.61 Å². The highest BCUT2D eigenvalue weighted by atomic mass is 16.5. The zero-order valence-electron chi connectivity index (χ0n) is 22.7. The minimum absolute atomic E-state index is 0.0880. The van der Waals surface area contributed by atoms with Gasteiger partial charge < -0.3 is 4.74 Å². The molecule has 0 spiro atoms. The molecule has 4 rings (SSSR count). The molecule has 0 unspecified atom stereocenters. The van der Waals surface area contributed by atoms with Crippen LogP contribution in [-0.4, -0.2) is 32.3 Å². The average Bonchev–Trinajstić information content (AvgIpc) is 3.38. The molecule has 0 saturated carbocycles. The maximum Gasteiger partial charge on any atom is 0.439 e. The van der Waals surface area contributed by atoms with E-state index < -0.39 is 11.7 Å². The predicted molar refractivity (Wildman–Crippen MR) is 149 cm³/mol. The minimum Gasteiger partial charge on any atom is -0.465 e. The van der Waals surface area contributed by atoms with Crippen molar-refractivity contribution < 1.29 is 14.1 Å². The number of benzene rings is 2. The molecule has 0 bridgehead atoms. The number of carbonyl (C=O) groups excluding carboxylic acids is 1. The second kappa shape index (κ2) is 13.0. The molecule has 2 aromatic heterocycles. The van der Waals surface area contributed by atoms with Crippen LogP contribution in [0.4, 0.5) is 0 Å². The van der Waals surface area contributed by atoms with Crippen LogP contribution < -0.4 is 11.3 Å². The number of ether oxygens (including phenoxy) is 1. The molecular formula is C30H34N4O5. The number of H-pyrrole nitrogens is 1. The number of unbranched alkanes of at least 4 members (excludes halogenated alkanes) is 2. The number of aryl methyl sites for hydroxylation is 2. The van der Waals surface area contributed by atoms with Gasteiger partial charge in [-0.1, -0.05) is 80.4 Å². The fourth-order valence-corrected chi connectivity index (χ4v) is 4.43. The van der Waals surface area contributed by atoms with Gasteiger partial charge in [0.1, 0.15) is 5.82 Å². The lowest BCUT2D eigenvalue weighted by molar-refractivity contribution is -0.142. The number of aromatic amines is 1. The summed E-state index contributed by atoms with van der Waals surface area (Å²) in [4.78, 5) is 44.8. The lowest BCUT2D eigenvalue weighted by atomic mass is 9.98. The SMILES string of the molecule is CCCCOC(=O)Cc1c(C)nc(CCCC)n(Cc2ccc(-c3ccccc3-c3noc(=O)[nH]3)cc2)c1=O. The normalized spacial score (nSPS) is 11.1. The Kier molecular flexibility index (Phi) is 9.25. The van der Waals surface area contributed by atoms with Crippen LogP contribution in [0.1, 0.15) is 62.2 Å². The smallest absolute Gasteiger partial charge is 0.439 e. The highest BCUT2D eigenvalue weighted by molar-refractivity contribution is 5.80. The van der Waals surface area contributed by atoms with Crippen LogP contribution in [0.15, 0.2) is 62.6 Å². The van der Waals surface area contributed by atoms with Crippen molar-refractivity contribution in [3.8, 4) is 22.5 Å². The van der Waals surface area contributed by atoms with Gasteiger partial charge in [-0.2, -0.15) is 0 Å². The van der Waals surface area contributed by atoms with Gasteiger partial charge in [-0.05, 0) is 36.5 Å². The van der Waals surface area contributed by atoms with Gasteiger partial charge in [0.25, 0.3) is 5.56 Å². The topological polar surface area (TPSA) is 120 Å². The van der Waals surface area contributed by atoms with Crippen molar-refractivity contribution in [3.63, 3.8) is 0 Å². The molecule has 0 saturated heterocycles. The fraction of sp³-hybridized carbons (Fsp3) is 0.367. The molecule has 0 aliphatic rings. The Morgan fingerprint density at radius 1 is 1.00 bits per heavy atom. The molecule has 39 heavy (non-hydrogen) atoms. The van der Waals surface area contributed by atoms with Crippen LogP contribution in [-0.2, 0) is 28.9 Å². The first-order chi connectivity index (χ1) is 18.9. The molecule has 0 atom stereocenters. The molecule has 2 aromatic carbocycles. The van der Waals surface area contributed by atoms with Gasteiger partial charge in [0, 0.05) is 23.2 Å². The van der Waals surface area contributed by atoms with E-state index in [0.717, 1.165) is 47.9 Å². The molecular weight excluding hydrogens is 496 g/mol. The summed E-state index contributed by atoms with van der Waals surface area (Å²) in [6, 6.07) is 15.5. The Balaban J connectivity index is 1.63. The van der Waals surface area contributed by atoms with E-state index in [1.54, 1.807) is 11.5 Å². The lowest BCUT2D eigenvalue weighted by Gasteiger charge is -2.16. The molecule has 9 heteroatoms. The minimum atomic E-state index is -0.611. The third kappa shape index (κ3) is 6.79. The van der Waals surface area contributed by atoms with Crippen LogP contribution in [0.5, 0.6) is 0 Å². The lowest BCUT2D eigenvalue weighted by Crippen LogP contribution is -2.31. The van der Waals surface area contributed by atoms with Crippen molar-refractivity contribution in [3.05, 3.63) is 92.1 Å². The maximum atomic E-state index is 13.6. The molecule has 0 radical (unpaired) electrons. The Morgan fingerprint density at radius 2 is 1.72 bits per heavy atom. The maximum absolute atomic E-state index is 13.6. The number of hydrogen-bond acceptors (Lipinski definition) is 7. The fourth-order valence-electron chi connectivity index (χ4n) is 4.43. The highest BCUT2D eigenvalue weighted by Crippen LogP contribution is 2.30. The first kappa shape index (κ1) is 27.8. The van der Waals surface area contributed by atoms with Gasteiger partial charge in [-0.3, -0.25) is 23.7 Å². The summed E-state index contributed by atoms with van der Waals surface area (Å²) in [7, 11) is 0. The summed E-state index contributed by atoms with van der Waals surface area (Å²) in [6.45, 7) is 6.60. The summed E-state index contributed by atoms with van der Waals surface area (Å²) in [5.41, 5.74) is 4.23. The summed E-state index contributed by atoms with van der Waals surface area (Å²) < 4.78 is 11.7. The molecule has 9 nitrogen and oxygen atoms in total. The predicted octanol–water partition coefficient (Wildman–Crippen LogP) is 4.84. The second-order valence-corrected chi connectivity index (χ2v) is 9.52. The number of nitrogens with one attached hydrogen (secondary N) is 1. The van der Waals surface area contributed by atoms with Crippen molar-refractivity contribution in [2.45, 2.75) is 65.8 Å². The molecule has 4 aromatic rings. The van der Waals surface area contributed by atoms with Crippen molar-refractivity contribution in [1.29, 1.82) is 0 Å². The first-order valence-corrected chi connectivity index (χ1v) is 13.4. The van der Waals surface area contributed by atoms with Gasteiger partial charge in [-0.15, -0.1) is 0 Å². The molecule has 0 fully saturated rings. The van der Waals surface area contributed by atoms with Crippen LogP contribution in [0, 0.1) is 6.92 Å². The van der Waals surface area contributed by atoms with Crippen LogP contribution in [0.2, 0.25) is 0 Å². The van der Waals surface area contributed by atoms with Crippen LogP contribution >= 0.6 is 0 Å². The number of esters is 1. The molecule has 204 valence electrons. The van der Waals surface area contributed by atoms with Gasteiger partial charge >= 0.3 is 11.7 Å². The van der Waals surface area contributed by atoms with E-state index in [2.05, 4.69) is 21.6 Å². The Hall–Kier alpha value is -4.27. The van der Waals surface area contributed by atoms with E-state index in [1.165, 1.54) is 0 Å². The van der Waals surface area contributed by atoms with E-state index in [9.17, 15) is 14.4 Å². The summed E-state index contributed by atoms with van der Waals surface area (Å²) in [6.07, 6.45) is 4.19.